The summed E-state index contributed by atoms with van der Waals surface area (Å²) in [6.07, 6.45) is 0.768. The molecule has 0 aliphatic rings. The minimum absolute atomic E-state index is 0.0314. The van der Waals surface area contributed by atoms with Gasteiger partial charge in [-0.05, 0) is 49.6 Å². The molecule has 3 nitrogen and oxygen atoms in total. The number of amides is 1. The van der Waals surface area contributed by atoms with Crippen LogP contribution in [0.5, 0.6) is 0 Å². The van der Waals surface area contributed by atoms with Gasteiger partial charge in [0, 0.05) is 17.3 Å². The zero-order valence-corrected chi connectivity index (χ0v) is 13.7. The quantitative estimate of drug-likeness (QED) is 0.829. The summed E-state index contributed by atoms with van der Waals surface area (Å²) in [5.74, 6) is -0.0314. The normalized spacial score (nSPS) is 11.2. The van der Waals surface area contributed by atoms with Crippen molar-refractivity contribution in [2.24, 2.45) is 0 Å². The number of halogens is 1. The molecule has 0 saturated carbocycles. The smallest absolute Gasteiger partial charge is 0.230 e. The van der Waals surface area contributed by atoms with E-state index in [0.29, 0.717) is 11.6 Å². The molecule has 0 aliphatic carbocycles. The highest BCUT2D eigenvalue weighted by atomic mass is 35.5. The molecule has 0 radical (unpaired) electrons. The summed E-state index contributed by atoms with van der Waals surface area (Å²) in [5, 5.41) is 3.60. The van der Waals surface area contributed by atoms with E-state index < -0.39 is 5.41 Å². The molecule has 2 aromatic rings. The van der Waals surface area contributed by atoms with Gasteiger partial charge < -0.3 is 11.1 Å². The molecule has 0 bridgehead atoms. The number of nitrogens with two attached hydrogens (primary N) is 1. The van der Waals surface area contributed by atoms with Crippen LogP contribution >= 0.6 is 11.6 Å². The Morgan fingerprint density at radius 1 is 1.14 bits per heavy atom. The van der Waals surface area contributed by atoms with Crippen molar-refractivity contribution >= 4 is 23.2 Å². The summed E-state index contributed by atoms with van der Waals surface area (Å²) in [5.41, 5.74) is 7.71. The number of carbonyl (C=O) groups excluding carboxylic acids is 1. The Labute approximate surface area is 136 Å². The van der Waals surface area contributed by atoms with Gasteiger partial charge >= 0.3 is 0 Å². The molecule has 2 rings (SSSR count). The third-order valence-corrected chi connectivity index (χ3v) is 4.12. The summed E-state index contributed by atoms with van der Waals surface area (Å²) in [6.45, 7) is 4.34. The first-order chi connectivity index (χ1) is 10.4. The highest BCUT2D eigenvalue weighted by molar-refractivity contribution is 6.31. The number of benzene rings is 2. The predicted octanol–water partition coefficient (Wildman–Crippen LogP) is 3.56. The molecule has 0 heterocycles. The van der Waals surface area contributed by atoms with Gasteiger partial charge in [0.2, 0.25) is 5.91 Å². The van der Waals surface area contributed by atoms with Crippen molar-refractivity contribution in [3.8, 4) is 0 Å². The minimum atomic E-state index is -0.667. The molecule has 0 atom stereocenters. The lowest BCUT2D eigenvalue weighted by atomic mass is 9.83. The second-order valence-corrected chi connectivity index (χ2v) is 6.26. The van der Waals surface area contributed by atoms with Crippen molar-refractivity contribution in [2.75, 3.05) is 12.3 Å². The molecule has 0 aliphatic heterocycles. The highest BCUT2D eigenvalue weighted by Crippen LogP contribution is 2.29. The molecule has 0 fully saturated rings. The first kappa shape index (κ1) is 16.4. The van der Waals surface area contributed by atoms with Crippen molar-refractivity contribution in [2.45, 2.75) is 25.7 Å². The number of hydrogen-bond donors (Lipinski definition) is 2. The average Bonchev–Trinajstić information content (AvgIpc) is 2.49. The fraction of sp³-hybridized carbons (Fsp3) is 0.278. The van der Waals surface area contributed by atoms with E-state index in [9.17, 15) is 4.79 Å². The minimum Gasteiger partial charge on any atom is -0.399 e. The Kier molecular flexibility index (Phi) is 5.09. The van der Waals surface area contributed by atoms with Crippen LogP contribution in [0.1, 0.15) is 25.0 Å². The first-order valence-corrected chi connectivity index (χ1v) is 7.67. The van der Waals surface area contributed by atoms with Crippen LogP contribution in [0.3, 0.4) is 0 Å². The Morgan fingerprint density at radius 3 is 2.41 bits per heavy atom. The predicted molar refractivity (Wildman–Crippen MR) is 92.0 cm³/mol. The molecular formula is C18H21ClN2O. The lowest BCUT2D eigenvalue weighted by Gasteiger charge is -2.25. The van der Waals surface area contributed by atoms with E-state index in [-0.39, 0.29) is 5.91 Å². The fourth-order valence-electron chi connectivity index (χ4n) is 2.32. The van der Waals surface area contributed by atoms with Gasteiger partial charge in [-0.3, -0.25) is 4.79 Å². The lowest BCUT2D eigenvalue weighted by Crippen LogP contribution is -2.41. The Balaban J connectivity index is 1.96. The van der Waals surface area contributed by atoms with E-state index in [1.165, 1.54) is 0 Å². The summed E-state index contributed by atoms with van der Waals surface area (Å²) < 4.78 is 0. The van der Waals surface area contributed by atoms with Gasteiger partial charge in [0.1, 0.15) is 0 Å². The van der Waals surface area contributed by atoms with Gasteiger partial charge in [-0.2, -0.15) is 0 Å². The van der Waals surface area contributed by atoms with Crippen LogP contribution in [0.4, 0.5) is 5.69 Å². The second kappa shape index (κ2) is 6.84. The van der Waals surface area contributed by atoms with E-state index in [0.717, 1.165) is 23.2 Å². The summed E-state index contributed by atoms with van der Waals surface area (Å²) >= 11 is 6.21. The van der Waals surface area contributed by atoms with Crippen LogP contribution in [0.2, 0.25) is 5.02 Å². The van der Waals surface area contributed by atoms with Crippen LogP contribution in [0, 0.1) is 0 Å². The number of nitrogens with one attached hydrogen (secondary N) is 1. The van der Waals surface area contributed by atoms with Crippen LogP contribution in [0.25, 0.3) is 0 Å². The van der Waals surface area contributed by atoms with Gasteiger partial charge in [0.05, 0.1) is 5.41 Å². The van der Waals surface area contributed by atoms with Crippen molar-refractivity contribution in [3.63, 3.8) is 0 Å². The standard InChI is InChI=1S/C18H21ClN2O/c1-18(2,15-5-3-4-6-16(15)19)17(22)21-12-11-13-7-9-14(20)10-8-13/h3-10H,11-12,20H2,1-2H3,(H,21,22). The largest absolute Gasteiger partial charge is 0.399 e. The van der Waals surface area contributed by atoms with Crippen molar-refractivity contribution in [1.82, 2.24) is 5.32 Å². The van der Waals surface area contributed by atoms with Crippen molar-refractivity contribution in [3.05, 3.63) is 64.7 Å². The second-order valence-electron chi connectivity index (χ2n) is 5.85. The number of rotatable bonds is 5. The number of nitrogen functional groups attached to an aromatic ring is 1. The maximum Gasteiger partial charge on any atom is 0.230 e. The van der Waals surface area contributed by atoms with E-state index in [1.54, 1.807) is 6.07 Å². The van der Waals surface area contributed by atoms with Gasteiger partial charge in [0.25, 0.3) is 0 Å². The molecule has 0 saturated heterocycles. The molecule has 2 aromatic carbocycles. The summed E-state index contributed by atoms with van der Waals surface area (Å²) in [7, 11) is 0. The zero-order valence-electron chi connectivity index (χ0n) is 12.9. The highest BCUT2D eigenvalue weighted by Gasteiger charge is 2.31. The summed E-state index contributed by atoms with van der Waals surface area (Å²) in [4.78, 5) is 12.5. The average molecular weight is 317 g/mol. The van der Waals surface area contributed by atoms with Crippen LogP contribution in [-0.2, 0) is 16.6 Å². The van der Waals surface area contributed by atoms with Crippen molar-refractivity contribution < 1.29 is 4.79 Å². The molecule has 0 unspecified atom stereocenters. The maximum absolute atomic E-state index is 12.5. The zero-order chi connectivity index (χ0) is 16.2. The molecule has 4 heteroatoms. The van der Waals surface area contributed by atoms with Gasteiger partial charge in [-0.1, -0.05) is 41.9 Å². The van der Waals surface area contributed by atoms with Crippen LogP contribution in [-0.4, -0.2) is 12.5 Å². The Hall–Kier alpha value is -2.00. The van der Waals surface area contributed by atoms with Gasteiger partial charge in [-0.25, -0.2) is 0 Å². The monoisotopic (exact) mass is 316 g/mol. The number of hydrogen-bond acceptors (Lipinski definition) is 2. The fourth-order valence-corrected chi connectivity index (χ4v) is 2.69. The number of anilines is 1. The van der Waals surface area contributed by atoms with Gasteiger partial charge in [0.15, 0.2) is 0 Å². The lowest BCUT2D eigenvalue weighted by molar-refractivity contribution is -0.125. The summed E-state index contributed by atoms with van der Waals surface area (Å²) in [6, 6.07) is 15.1. The Morgan fingerprint density at radius 2 is 1.77 bits per heavy atom. The van der Waals surface area contributed by atoms with Gasteiger partial charge in [-0.15, -0.1) is 0 Å². The maximum atomic E-state index is 12.5. The Bertz CT molecular complexity index is 650. The first-order valence-electron chi connectivity index (χ1n) is 7.29. The molecule has 116 valence electrons. The molecule has 0 spiro atoms. The van der Waals surface area contributed by atoms with E-state index in [1.807, 2.05) is 56.3 Å². The topological polar surface area (TPSA) is 55.1 Å². The molecular weight excluding hydrogens is 296 g/mol. The third kappa shape index (κ3) is 3.80. The number of carbonyl (C=O) groups is 1. The molecule has 22 heavy (non-hydrogen) atoms. The van der Waals surface area contributed by atoms with Crippen LogP contribution in [0.15, 0.2) is 48.5 Å². The van der Waals surface area contributed by atoms with E-state index in [4.69, 9.17) is 17.3 Å². The molecule has 0 aromatic heterocycles. The third-order valence-electron chi connectivity index (χ3n) is 3.79. The SMILES string of the molecule is CC(C)(C(=O)NCCc1ccc(N)cc1)c1ccccc1Cl. The van der Waals surface area contributed by atoms with E-state index in [2.05, 4.69) is 5.32 Å². The van der Waals surface area contributed by atoms with Crippen LogP contribution < -0.4 is 11.1 Å². The molecule has 3 N–H and O–H groups in total. The molecule has 1 amide bonds. The van der Waals surface area contributed by atoms with E-state index >= 15 is 0 Å². The van der Waals surface area contributed by atoms with Crippen molar-refractivity contribution in [1.29, 1.82) is 0 Å².